The maximum atomic E-state index is 12.3. The number of nitrogens with one attached hydrogen (secondary N) is 2. The maximum absolute atomic E-state index is 12.3. The summed E-state index contributed by atoms with van der Waals surface area (Å²) in [6, 6.07) is 4.71. The van der Waals surface area contributed by atoms with Crippen LogP contribution in [0.3, 0.4) is 0 Å². The minimum Gasteiger partial charge on any atom is -0.356 e. The Labute approximate surface area is 158 Å². The van der Waals surface area contributed by atoms with Gasteiger partial charge in [0.25, 0.3) is 5.91 Å². The highest BCUT2D eigenvalue weighted by atomic mass is 16.1. The van der Waals surface area contributed by atoms with E-state index in [9.17, 15) is 4.79 Å². The van der Waals surface area contributed by atoms with Crippen LogP contribution < -0.4 is 10.2 Å². The minimum atomic E-state index is 0.0236. The highest BCUT2D eigenvalue weighted by Gasteiger charge is 2.50. The van der Waals surface area contributed by atoms with Crippen LogP contribution in [0.15, 0.2) is 18.3 Å². The lowest BCUT2D eigenvalue weighted by molar-refractivity contribution is 0.0937. The fraction of sp³-hybridized carbons (Fsp3) is 0.550. The normalized spacial score (nSPS) is 24.0. The van der Waals surface area contributed by atoms with Gasteiger partial charge in [0.2, 0.25) is 5.95 Å². The van der Waals surface area contributed by atoms with Crippen molar-refractivity contribution in [2.24, 2.45) is 0 Å². The van der Waals surface area contributed by atoms with Crippen LogP contribution in [-0.4, -0.2) is 64.5 Å². The Morgan fingerprint density at radius 3 is 2.70 bits per heavy atom. The van der Waals surface area contributed by atoms with Gasteiger partial charge in [0, 0.05) is 56.1 Å². The number of carbonyl (C=O) groups excluding carboxylic acids is 1. The fourth-order valence-corrected chi connectivity index (χ4v) is 4.58. The second kappa shape index (κ2) is 5.55. The molecule has 0 unspecified atom stereocenters. The highest BCUT2D eigenvalue weighted by Crippen LogP contribution is 2.50. The number of hydrogen-bond donors (Lipinski definition) is 2. The maximum Gasteiger partial charge on any atom is 0.253 e. The standard InChI is InChI=1S/C20H24N6O/c27-18-14-11-16(23-17(14)20(4-5-20)12-22-18)15-3-6-21-19(24-15)26-9-7-25(8-10-26)13-1-2-13/h3,6,11,13,23H,1-2,4-5,7-10,12H2,(H,22,27). The fourth-order valence-electron chi connectivity index (χ4n) is 4.58. The van der Waals surface area contributed by atoms with E-state index >= 15 is 0 Å². The number of aromatic amines is 1. The van der Waals surface area contributed by atoms with E-state index in [4.69, 9.17) is 4.98 Å². The van der Waals surface area contributed by atoms with Crippen molar-refractivity contribution in [2.45, 2.75) is 37.1 Å². The van der Waals surface area contributed by atoms with E-state index in [1.807, 2.05) is 18.3 Å². The first kappa shape index (κ1) is 15.6. The average molecular weight is 364 g/mol. The summed E-state index contributed by atoms with van der Waals surface area (Å²) in [7, 11) is 0. The van der Waals surface area contributed by atoms with E-state index in [0.29, 0.717) is 0 Å². The molecule has 1 saturated heterocycles. The molecule has 0 bridgehead atoms. The number of amides is 1. The number of fused-ring (bicyclic) bond motifs is 2. The van der Waals surface area contributed by atoms with Crippen molar-refractivity contribution < 1.29 is 4.79 Å². The zero-order valence-corrected chi connectivity index (χ0v) is 15.4. The number of H-pyrrole nitrogens is 1. The van der Waals surface area contributed by atoms with Gasteiger partial charge in [0.15, 0.2) is 0 Å². The molecule has 2 aliphatic carbocycles. The van der Waals surface area contributed by atoms with Crippen LogP contribution in [0.5, 0.6) is 0 Å². The number of anilines is 1. The molecule has 140 valence electrons. The van der Waals surface area contributed by atoms with Gasteiger partial charge in [-0.05, 0) is 37.8 Å². The number of carbonyl (C=O) groups is 1. The van der Waals surface area contributed by atoms with Crippen LogP contribution in [0, 0.1) is 0 Å². The Morgan fingerprint density at radius 1 is 1.15 bits per heavy atom. The molecule has 0 atom stereocenters. The molecule has 7 heteroatoms. The lowest BCUT2D eigenvalue weighted by atomic mass is 9.95. The zero-order valence-electron chi connectivity index (χ0n) is 15.4. The Hall–Kier alpha value is -2.41. The predicted octanol–water partition coefficient (Wildman–Crippen LogP) is 1.53. The van der Waals surface area contributed by atoms with Gasteiger partial charge in [-0.3, -0.25) is 9.69 Å². The molecular weight excluding hydrogens is 340 g/mol. The summed E-state index contributed by atoms with van der Waals surface area (Å²) < 4.78 is 0. The van der Waals surface area contributed by atoms with Gasteiger partial charge in [0.05, 0.1) is 17.0 Å². The molecule has 0 aromatic carbocycles. The van der Waals surface area contributed by atoms with Crippen LogP contribution in [0.4, 0.5) is 5.95 Å². The van der Waals surface area contributed by atoms with Crippen LogP contribution in [0.1, 0.15) is 41.7 Å². The molecule has 6 rings (SSSR count). The van der Waals surface area contributed by atoms with E-state index in [-0.39, 0.29) is 11.3 Å². The van der Waals surface area contributed by atoms with E-state index in [0.717, 1.165) is 80.2 Å². The minimum absolute atomic E-state index is 0.0236. The number of nitrogens with zero attached hydrogens (tertiary/aromatic N) is 4. The Kier molecular flexibility index (Phi) is 3.21. The molecule has 3 fully saturated rings. The molecule has 2 aromatic heterocycles. The largest absolute Gasteiger partial charge is 0.356 e. The second-order valence-electron chi connectivity index (χ2n) is 8.43. The zero-order chi connectivity index (χ0) is 18.0. The summed E-state index contributed by atoms with van der Waals surface area (Å²) in [5.41, 5.74) is 3.80. The van der Waals surface area contributed by atoms with Crippen LogP contribution in [-0.2, 0) is 5.41 Å². The van der Waals surface area contributed by atoms with Crippen molar-refractivity contribution in [2.75, 3.05) is 37.6 Å². The first-order valence-corrected chi connectivity index (χ1v) is 10.1. The molecule has 1 amide bonds. The van der Waals surface area contributed by atoms with E-state index < -0.39 is 0 Å². The monoisotopic (exact) mass is 364 g/mol. The summed E-state index contributed by atoms with van der Waals surface area (Å²) >= 11 is 0. The third-order valence-corrected chi connectivity index (χ3v) is 6.61. The first-order chi connectivity index (χ1) is 13.2. The lowest BCUT2D eigenvalue weighted by Gasteiger charge is -2.34. The van der Waals surface area contributed by atoms with E-state index in [1.165, 1.54) is 12.8 Å². The second-order valence-corrected chi connectivity index (χ2v) is 8.43. The molecule has 2 aromatic rings. The van der Waals surface area contributed by atoms with Gasteiger partial charge in [-0.25, -0.2) is 9.97 Å². The van der Waals surface area contributed by atoms with Crippen LogP contribution >= 0.6 is 0 Å². The van der Waals surface area contributed by atoms with Crippen LogP contribution in [0.2, 0.25) is 0 Å². The molecule has 2 N–H and O–H groups in total. The molecule has 0 radical (unpaired) electrons. The topological polar surface area (TPSA) is 77.2 Å². The Morgan fingerprint density at radius 2 is 1.96 bits per heavy atom. The first-order valence-electron chi connectivity index (χ1n) is 10.1. The quantitative estimate of drug-likeness (QED) is 0.864. The molecule has 4 heterocycles. The molecule has 2 aliphatic heterocycles. The summed E-state index contributed by atoms with van der Waals surface area (Å²) in [6.45, 7) is 4.90. The van der Waals surface area contributed by atoms with E-state index in [1.54, 1.807) is 0 Å². The van der Waals surface area contributed by atoms with Crippen molar-refractivity contribution in [1.82, 2.24) is 25.2 Å². The summed E-state index contributed by atoms with van der Waals surface area (Å²) in [6.07, 6.45) is 6.83. The highest BCUT2D eigenvalue weighted by molar-refractivity contribution is 5.98. The number of aromatic nitrogens is 3. The molecule has 2 saturated carbocycles. The smallest absolute Gasteiger partial charge is 0.253 e. The van der Waals surface area contributed by atoms with Crippen molar-refractivity contribution in [3.63, 3.8) is 0 Å². The molecular formula is C20H24N6O. The molecule has 4 aliphatic rings. The third kappa shape index (κ3) is 2.56. The van der Waals surface area contributed by atoms with E-state index in [2.05, 4.69) is 25.1 Å². The predicted molar refractivity (Wildman–Crippen MR) is 102 cm³/mol. The van der Waals surface area contributed by atoms with Gasteiger partial charge in [-0.15, -0.1) is 0 Å². The molecule has 1 spiro atoms. The SMILES string of the molecule is O=C1NCC2(CC2)c2[nH]c(-c3ccnc(N4CCN(C5CC5)CC4)n3)cc21. The number of rotatable bonds is 3. The summed E-state index contributed by atoms with van der Waals surface area (Å²) in [4.78, 5) is 30.0. The average Bonchev–Trinajstić information content (AvgIpc) is 3.64. The number of hydrogen-bond acceptors (Lipinski definition) is 5. The Balaban J connectivity index is 1.27. The molecule has 27 heavy (non-hydrogen) atoms. The van der Waals surface area contributed by atoms with Gasteiger partial charge < -0.3 is 15.2 Å². The van der Waals surface area contributed by atoms with Gasteiger partial charge >= 0.3 is 0 Å². The van der Waals surface area contributed by atoms with Crippen molar-refractivity contribution in [3.05, 3.63) is 29.6 Å². The van der Waals surface area contributed by atoms with Crippen molar-refractivity contribution in [1.29, 1.82) is 0 Å². The number of piperazine rings is 1. The third-order valence-electron chi connectivity index (χ3n) is 6.61. The van der Waals surface area contributed by atoms with Crippen LogP contribution in [0.25, 0.3) is 11.4 Å². The lowest BCUT2D eigenvalue weighted by Crippen LogP contribution is -2.47. The molecule has 7 nitrogen and oxygen atoms in total. The van der Waals surface area contributed by atoms with Gasteiger partial charge in [-0.1, -0.05) is 0 Å². The van der Waals surface area contributed by atoms with Gasteiger partial charge in [-0.2, -0.15) is 0 Å². The summed E-state index contributed by atoms with van der Waals surface area (Å²) in [5.74, 6) is 0.816. The van der Waals surface area contributed by atoms with Crippen molar-refractivity contribution >= 4 is 11.9 Å². The van der Waals surface area contributed by atoms with Gasteiger partial charge in [0.1, 0.15) is 0 Å². The Bertz CT molecular complexity index is 905. The summed E-state index contributed by atoms with van der Waals surface area (Å²) in [5, 5.41) is 3.03. The van der Waals surface area contributed by atoms with Crippen molar-refractivity contribution in [3.8, 4) is 11.4 Å².